The molecule has 0 saturated heterocycles. The van der Waals surface area contributed by atoms with E-state index in [4.69, 9.17) is 4.08 Å². The van der Waals surface area contributed by atoms with E-state index in [0.29, 0.717) is 11.3 Å². The maximum atomic E-state index is 10.1. The van der Waals surface area contributed by atoms with Gasteiger partial charge in [0.05, 0.1) is 18.5 Å². The molecule has 0 aliphatic carbocycles. The molecule has 2 nitrogen and oxygen atoms in total. The second kappa shape index (κ2) is 5.31. The van der Waals surface area contributed by atoms with Crippen LogP contribution in [0.3, 0.4) is 0 Å². The topological polar surface area (TPSA) is 32.3 Å². The lowest BCUT2D eigenvalue weighted by Crippen LogP contribution is -2.11. The van der Waals surface area contributed by atoms with Crippen molar-refractivity contribution in [1.82, 2.24) is 0 Å². The van der Waals surface area contributed by atoms with Crippen LogP contribution in [0.25, 0.3) is 0 Å². The van der Waals surface area contributed by atoms with Crippen LogP contribution in [0.2, 0.25) is 0 Å². The van der Waals surface area contributed by atoms with Gasteiger partial charge in [0.25, 0.3) is 0 Å². The molecular weight excluding hydrogens is 170 g/mol. The van der Waals surface area contributed by atoms with E-state index >= 15 is 0 Å². The highest BCUT2D eigenvalue weighted by molar-refractivity contribution is 7.71. The quantitative estimate of drug-likeness (QED) is 0.605. The molecule has 0 saturated carbocycles. The molecule has 0 aliphatic rings. The average Bonchev–Trinajstić information content (AvgIpc) is 2.01. The fraction of sp³-hybridized carbons (Fsp3) is 1.00. The molecule has 0 aromatic heterocycles. The maximum absolute atomic E-state index is 10.1. The Morgan fingerprint density at radius 3 is 1.70 bits per heavy atom. The molecule has 62 valence electrons. The molecule has 0 N–H and O–H groups in total. The summed E-state index contributed by atoms with van der Waals surface area (Å²) in [7, 11) is -1.31. The largest absolute Gasteiger partial charge is 0.503 e. The highest BCUT2D eigenvalue weighted by Crippen LogP contribution is 2.58. The van der Waals surface area contributed by atoms with Crippen LogP contribution < -0.4 is 4.66 Å². The van der Waals surface area contributed by atoms with E-state index < -0.39 is 7.49 Å². The number of hydrogen-bond donors (Lipinski definition) is 0. The number of rotatable bonds is 5. The normalized spacial score (nSPS) is 12.0. The molecule has 0 spiro atoms. The predicted octanol–water partition coefficient (Wildman–Crippen LogP) is 1.27. The highest BCUT2D eigenvalue weighted by Gasteiger charge is 2.39. The molecule has 0 bridgehead atoms. The van der Waals surface area contributed by atoms with Crippen molar-refractivity contribution in [1.29, 1.82) is 0 Å². The molecule has 10 heavy (non-hydrogen) atoms. The van der Waals surface area contributed by atoms with Crippen molar-refractivity contribution in [3.8, 4) is 0 Å². The van der Waals surface area contributed by atoms with Crippen LogP contribution in [0.15, 0.2) is 0 Å². The zero-order valence-corrected chi connectivity index (χ0v) is 8.41. The lowest BCUT2D eigenvalue weighted by Gasteiger charge is -2.12. The van der Waals surface area contributed by atoms with Gasteiger partial charge in [-0.05, 0) is 20.8 Å². The molecule has 0 aromatic carbocycles. The number of halogens is 1. The van der Waals surface area contributed by atoms with Gasteiger partial charge in [-0.3, -0.25) is 0 Å². The molecule has 0 unspecified atom stereocenters. The Kier molecular flexibility index (Phi) is 5.65. The van der Waals surface area contributed by atoms with Crippen LogP contribution in [0, 0.1) is 11.3 Å². The summed E-state index contributed by atoms with van der Waals surface area (Å²) >= 11 is 0.708. The third-order valence-electron chi connectivity index (χ3n) is 1.90. The summed E-state index contributed by atoms with van der Waals surface area (Å²) in [6.45, 7) is 6.26. The van der Waals surface area contributed by atoms with Gasteiger partial charge in [0.15, 0.2) is 0 Å². The summed E-state index contributed by atoms with van der Waals surface area (Å²) in [6.07, 6.45) is 3.03. The van der Waals surface area contributed by atoms with Crippen LogP contribution in [0.1, 0.15) is 20.8 Å². The summed E-state index contributed by atoms with van der Waals surface area (Å²) in [6, 6.07) is 0. The zero-order valence-electron chi connectivity index (χ0n) is 6.76. The minimum atomic E-state index is -1.31. The van der Waals surface area contributed by atoms with Crippen molar-refractivity contribution in [2.45, 2.75) is 20.8 Å². The smallest absolute Gasteiger partial charge is 0.371 e. The van der Waals surface area contributed by atoms with Crippen LogP contribution >= 0.6 is 7.49 Å². The van der Waals surface area contributed by atoms with Crippen LogP contribution in [0.5, 0.6) is 0 Å². The Morgan fingerprint density at radius 1 is 1.20 bits per heavy atom. The van der Waals surface area contributed by atoms with Gasteiger partial charge in [-0.1, -0.05) is 0 Å². The van der Waals surface area contributed by atoms with E-state index in [9.17, 15) is 4.66 Å². The first-order valence-electron chi connectivity index (χ1n) is 3.56. The lowest BCUT2D eigenvalue weighted by molar-refractivity contribution is -1.25. The van der Waals surface area contributed by atoms with E-state index in [1.807, 2.05) is 0 Å². The zero-order chi connectivity index (χ0) is 8.04. The first kappa shape index (κ1) is 10.6. The standard InChI is InChI=1S/C6H15ClO2P/c1-4-10(5-2,6-3)9-7-8/h4-6H2,1-3H3/q+1. The van der Waals surface area contributed by atoms with Gasteiger partial charge < -0.3 is 4.66 Å². The van der Waals surface area contributed by atoms with Crippen molar-refractivity contribution in [3.05, 3.63) is 0 Å². The van der Waals surface area contributed by atoms with Gasteiger partial charge in [-0.2, -0.15) is 0 Å². The first-order valence-corrected chi connectivity index (χ1v) is 6.44. The summed E-state index contributed by atoms with van der Waals surface area (Å²) in [5.74, 6) is 0. The maximum Gasteiger partial charge on any atom is 0.371 e. The lowest BCUT2D eigenvalue weighted by atomic mass is 10.9. The second-order valence-electron chi connectivity index (χ2n) is 2.14. The van der Waals surface area contributed by atoms with Crippen molar-refractivity contribution >= 4 is 7.49 Å². The summed E-state index contributed by atoms with van der Waals surface area (Å²) in [5, 5.41) is 0. The van der Waals surface area contributed by atoms with Crippen LogP contribution in [0.4, 0.5) is 0 Å². The van der Waals surface area contributed by atoms with E-state index in [1.54, 1.807) is 0 Å². The SMILES string of the molecule is CC[P+](CC)(CC)O[Cl+][O-]. The van der Waals surface area contributed by atoms with Crippen LogP contribution in [-0.4, -0.2) is 18.5 Å². The molecule has 0 fully saturated rings. The Labute approximate surface area is 67.4 Å². The Balaban J connectivity index is 3.87. The Bertz CT molecular complexity index is 77.6. The van der Waals surface area contributed by atoms with Crippen molar-refractivity contribution in [3.63, 3.8) is 0 Å². The highest BCUT2D eigenvalue weighted by atomic mass is 35.6. The predicted molar refractivity (Wildman–Crippen MR) is 39.6 cm³/mol. The Hall–Kier alpha value is 0.640. The van der Waals surface area contributed by atoms with Crippen molar-refractivity contribution in [2.24, 2.45) is 0 Å². The molecule has 0 aliphatic heterocycles. The summed E-state index contributed by atoms with van der Waals surface area (Å²) in [4.78, 5) is 0. The fourth-order valence-corrected chi connectivity index (χ4v) is 3.87. The van der Waals surface area contributed by atoms with Gasteiger partial charge >= 0.3 is 11.3 Å². The Morgan fingerprint density at radius 2 is 1.60 bits per heavy atom. The first-order chi connectivity index (χ1) is 4.74. The van der Waals surface area contributed by atoms with E-state index in [1.165, 1.54) is 0 Å². The molecule has 0 radical (unpaired) electrons. The van der Waals surface area contributed by atoms with E-state index in [0.717, 1.165) is 18.5 Å². The van der Waals surface area contributed by atoms with Crippen molar-refractivity contribution < 1.29 is 20.1 Å². The van der Waals surface area contributed by atoms with E-state index in [2.05, 4.69) is 20.8 Å². The van der Waals surface area contributed by atoms with Crippen LogP contribution in [-0.2, 0) is 4.08 Å². The molecule has 4 heteroatoms. The molecule has 0 amide bonds. The third kappa shape index (κ3) is 2.71. The summed E-state index contributed by atoms with van der Waals surface area (Å²) in [5.41, 5.74) is 0. The molecular formula is C6H15ClO2P+. The van der Waals surface area contributed by atoms with Gasteiger partial charge in [0, 0.05) is 4.08 Å². The molecule has 0 rings (SSSR count). The molecule has 0 aromatic rings. The van der Waals surface area contributed by atoms with Crippen molar-refractivity contribution in [2.75, 3.05) is 18.5 Å². The minimum absolute atomic E-state index is 0.708. The van der Waals surface area contributed by atoms with E-state index in [-0.39, 0.29) is 0 Å². The van der Waals surface area contributed by atoms with Gasteiger partial charge in [-0.25, -0.2) is 0 Å². The third-order valence-corrected chi connectivity index (χ3v) is 6.76. The second-order valence-corrected chi connectivity index (χ2v) is 6.83. The average molecular weight is 186 g/mol. The number of hydrogen-bond acceptors (Lipinski definition) is 2. The molecule has 0 heterocycles. The van der Waals surface area contributed by atoms with Gasteiger partial charge in [0.2, 0.25) is 7.49 Å². The fourth-order valence-electron chi connectivity index (χ4n) is 0.877. The van der Waals surface area contributed by atoms with Gasteiger partial charge in [-0.15, -0.1) is 0 Å². The van der Waals surface area contributed by atoms with Gasteiger partial charge in [0.1, 0.15) is 0 Å². The minimum Gasteiger partial charge on any atom is -0.503 e. The molecule has 0 atom stereocenters. The summed E-state index contributed by atoms with van der Waals surface area (Å²) < 4.78 is 15.2. The monoisotopic (exact) mass is 185 g/mol.